The van der Waals surface area contributed by atoms with Crippen LogP contribution in [0.3, 0.4) is 0 Å². The zero-order valence-electron chi connectivity index (χ0n) is 15.1. The highest BCUT2D eigenvalue weighted by molar-refractivity contribution is 7.94. The van der Waals surface area contributed by atoms with Gasteiger partial charge in [0.05, 0.1) is 18.0 Å². The van der Waals surface area contributed by atoms with E-state index in [4.69, 9.17) is 0 Å². The summed E-state index contributed by atoms with van der Waals surface area (Å²) in [6, 6.07) is 5.70. The average Bonchev–Trinajstić information content (AvgIpc) is 2.93. The van der Waals surface area contributed by atoms with Crippen molar-refractivity contribution >= 4 is 33.4 Å². The van der Waals surface area contributed by atoms with Gasteiger partial charge in [-0.3, -0.25) is 14.4 Å². The molecule has 1 N–H and O–H groups in total. The zero-order valence-corrected chi connectivity index (χ0v) is 15.9. The lowest BCUT2D eigenvalue weighted by atomic mass is 10.2. The number of rotatable bonds is 4. The zero-order chi connectivity index (χ0) is 19.6. The molecule has 1 aromatic carbocycles. The highest BCUT2D eigenvalue weighted by atomic mass is 32.2. The number of benzene rings is 1. The molecule has 0 unspecified atom stereocenters. The predicted octanol–water partition coefficient (Wildman–Crippen LogP) is -0.743. The van der Waals surface area contributed by atoms with Gasteiger partial charge in [-0.25, -0.2) is 12.7 Å². The van der Waals surface area contributed by atoms with E-state index in [1.165, 1.54) is 24.3 Å². The van der Waals surface area contributed by atoms with E-state index < -0.39 is 21.8 Å². The van der Waals surface area contributed by atoms with Gasteiger partial charge < -0.3 is 15.1 Å². The summed E-state index contributed by atoms with van der Waals surface area (Å²) in [4.78, 5) is 40.0. The number of amides is 3. The molecule has 10 heteroatoms. The summed E-state index contributed by atoms with van der Waals surface area (Å²) >= 11 is 0. The van der Waals surface area contributed by atoms with E-state index in [-0.39, 0.29) is 35.9 Å². The maximum Gasteiger partial charge on any atom is 0.251 e. The van der Waals surface area contributed by atoms with E-state index in [0.29, 0.717) is 13.1 Å². The molecule has 0 atom stereocenters. The van der Waals surface area contributed by atoms with Crippen LogP contribution in [0.2, 0.25) is 0 Å². The molecule has 1 aromatic rings. The van der Waals surface area contributed by atoms with Crippen LogP contribution in [-0.4, -0.2) is 81.5 Å². The summed E-state index contributed by atoms with van der Waals surface area (Å²) in [5.41, 5.74) is 0.497. The first kappa shape index (κ1) is 19.3. The quantitative estimate of drug-likeness (QED) is 0.721. The lowest BCUT2D eigenvalue weighted by Crippen LogP contribution is -2.50. The van der Waals surface area contributed by atoms with Crippen LogP contribution in [0.25, 0.3) is 0 Å². The standard InChI is InChI=1S/C17H22N4O5S/c1-19-7-9-20(10-8-19)16(23)12-18-17(24)13-2-4-14(5-3-13)21-15(22)6-11-27(21,25)26/h2-5H,6-12H2,1H3,(H,18,24). The van der Waals surface area contributed by atoms with Gasteiger partial charge in [0, 0.05) is 38.2 Å². The molecule has 2 saturated heterocycles. The first-order valence-electron chi connectivity index (χ1n) is 8.68. The maximum atomic E-state index is 12.2. The van der Waals surface area contributed by atoms with E-state index in [0.717, 1.165) is 17.4 Å². The third-order valence-electron chi connectivity index (χ3n) is 4.70. The van der Waals surface area contributed by atoms with Crippen molar-refractivity contribution in [3.05, 3.63) is 29.8 Å². The Kier molecular flexibility index (Phi) is 5.47. The Morgan fingerprint density at radius 1 is 1.07 bits per heavy atom. The smallest absolute Gasteiger partial charge is 0.251 e. The van der Waals surface area contributed by atoms with Crippen molar-refractivity contribution in [2.75, 3.05) is 49.8 Å². The van der Waals surface area contributed by atoms with Crippen LogP contribution in [0.4, 0.5) is 5.69 Å². The van der Waals surface area contributed by atoms with Crippen LogP contribution in [0.1, 0.15) is 16.8 Å². The molecular formula is C17H22N4O5S. The molecule has 0 bridgehead atoms. The Bertz CT molecular complexity index is 845. The van der Waals surface area contributed by atoms with Crippen molar-refractivity contribution < 1.29 is 22.8 Å². The van der Waals surface area contributed by atoms with Crippen LogP contribution >= 0.6 is 0 Å². The molecule has 0 spiro atoms. The van der Waals surface area contributed by atoms with Crippen molar-refractivity contribution in [1.82, 2.24) is 15.1 Å². The Morgan fingerprint density at radius 3 is 2.26 bits per heavy atom. The molecule has 9 nitrogen and oxygen atoms in total. The van der Waals surface area contributed by atoms with Crippen molar-refractivity contribution in [3.63, 3.8) is 0 Å². The number of hydrogen-bond donors (Lipinski definition) is 1. The minimum absolute atomic E-state index is 0.0427. The minimum Gasteiger partial charge on any atom is -0.343 e. The molecule has 3 rings (SSSR count). The van der Waals surface area contributed by atoms with Gasteiger partial charge in [-0.1, -0.05) is 0 Å². The molecular weight excluding hydrogens is 372 g/mol. The normalized spacial score (nSPS) is 20.0. The topological polar surface area (TPSA) is 107 Å². The molecule has 0 aromatic heterocycles. The fourth-order valence-corrected chi connectivity index (χ4v) is 4.50. The van der Waals surface area contributed by atoms with Crippen molar-refractivity contribution in [2.24, 2.45) is 0 Å². The number of hydrogen-bond acceptors (Lipinski definition) is 6. The molecule has 2 fully saturated rings. The van der Waals surface area contributed by atoms with Crippen molar-refractivity contribution in [3.8, 4) is 0 Å². The van der Waals surface area contributed by atoms with Gasteiger partial charge in [0.1, 0.15) is 0 Å². The highest BCUT2D eigenvalue weighted by Crippen LogP contribution is 2.25. The van der Waals surface area contributed by atoms with Gasteiger partial charge >= 0.3 is 0 Å². The van der Waals surface area contributed by atoms with Crippen LogP contribution in [0.15, 0.2) is 24.3 Å². The molecule has 2 aliphatic rings. The highest BCUT2D eigenvalue weighted by Gasteiger charge is 2.36. The number of sulfonamides is 1. The van der Waals surface area contributed by atoms with E-state index in [1.54, 1.807) is 4.90 Å². The van der Waals surface area contributed by atoms with Gasteiger partial charge in [-0.15, -0.1) is 0 Å². The second kappa shape index (κ2) is 7.65. The average molecular weight is 394 g/mol. The monoisotopic (exact) mass is 394 g/mol. The van der Waals surface area contributed by atoms with Crippen LogP contribution < -0.4 is 9.62 Å². The summed E-state index contributed by atoms with van der Waals surface area (Å²) in [6.45, 7) is 2.79. The summed E-state index contributed by atoms with van der Waals surface area (Å²) in [5.74, 6) is -1.26. The third kappa shape index (κ3) is 4.28. The lowest BCUT2D eigenvalue weighted by molar-refractivity contribution is -0.131. The van der Waals surface area contributed by atoms with Crippen LogP contribution in [-0.2, 0) is 19.6 Å². The SMILES string of the molecule is CN1CCN(C(=O)CNC(=O)c2ccc(N3C(=O)CCS3(=O)=O)cc2)CC1. The number of nitrogens with one attached hydrogen (secondary N) is 1. The first-order valence-corrected chi connectivity index (χ1v) is 10.3. The maximum absolute atomic E-state index is 12.2. The number of piperazine rings is 1. The Labute approximate surface area is 158 Å². The lowest BCUT2D eigenvalue weighted by Gasteiger charge is -2.32. The van der Waals surface area contributed by atoms with Gasteiger partial charge in [0.2, 0.25) is 21.8 Å². The molecule has 0 aliphatic carbocycles. The summed E-state index contributed by atoms with van der Waals surface area (Å²) in [7, 11) is -1.64. The first-order chi connectivity index (χ1) is 12.8. The van der Waals surface area contributed by atoms with E-state index in [1.807, 2.05) is 7.05 Å². The summed E-state index contributed by atoms with van der Waals surface area (Å²) in [5, 5.41) is 2.58. The number of carbonyl (C=O) groups excluding carboxylic acids is 3. The molecule has 3 amide bonds. The van der Waals surface area contributed by atoms with Gasteiger partial charge in [0.25, 0.3) is 5.91 Å². The molecule has 0 saturated carbocycles. The van der Waals surface area contributed by atoms with E-state index >= 15 is 0 Å². The molecule has 2 heterocycles. The fraction of sp³-hybridized carbons (Fsp3) is 0.471. The van der Waals surface area contributed by atoms with Gasteiger partial charge in [-0.2, -0.15) is 0 Å². The second-order valence-corrected chi connectivity index (χ2v) is 8.57. The van der Waals surface area contributed by atoms with E-state index in [9.17, 15) is 22.8 Å². The predicted molar refractivity (Wildman–Crippen MR) is 98.7 cm³/mol. The van der Waals surface area contributed by atoms with Crippen molar-refractivity contribution in [1.29, 1.82) is 0 Å². The molecule has 0 radical (unpaired) electrons. The Hall–Kier alpha value is -2.46. The number of likely N-dealkylation sites (N-methyl/N-ethyl adjacent to an activating group) is 1. The number of carbonyl (C=O) groups is 3. The number of anilines is 1. The largest absolute Gasteiger partial charge is 0.343 e. The fourth-order valence-electron chi connectivity index (χ4n) is 3.04. The molecule has 146 valence electrons. The van der Waals surface area contributed by atoms with Crippen LogP contribution in [0, 0.1) is 0 Å². The minimum atomic E-state index is -3.63. The number of nitrogens with zero attached hydrogens (tertiary/aromatic N) is 3. The van der Waals surface area contributed by atoms with Gasteiger partial charge in [0.15, 0.2) is 0 Å². The van der Waals surface area contributed by atoms with Gasteiger partial charge in [-0.05, 0) is 31.3 Å². The van der Waals surface area contributed by atoms with Crippen molar-refractivity contribution in [2.45, 2.75) is 6.42 Å². The summed E-state index contributed by atoms with van der Waals surface area (Å²) < 4.78 is 24.6. The Morgan fingerprint density at radius 2 is 1.70 bits per heavy atom. The third-order valence-corrected chi connectivity index (χ3v) is 6.39. The Balaban J connectivity index is 1.58. The second-order valence-electron chi connectivity index (χ2n) is 6.64. The van der Waals surface area contributed by atoms with Crippen LogP contribution in [0.5, 0.6) is 0 Å². The molecule has 27 heavy (non-hydrogen) atoms. The molecule has 2 aliphatic heterocycles. The van der Waals surface area contributed by atoms with E-state index in [2.05, 4.69) is 10.2 Å². The summed E-state index contributed by atoms with van der Waals surface area (Å²) in [6.07, 6.45) is -0.0427.